The second-order valence-corrected chi connectivity index (χ2v) is 8.78. The first kappa shape index (κ1) is 21.3. The second kappa shape index (κ2) is 8.08. The predicted molar refractivity (Wildman–Crippen MR) is 125 cm³/mol. The third-order valence-corrected chi connectivity index (χ3v) is 6.53. The molecule has 3 unspecified atom stereocenters. The van der Waals surface area contributed by atoms with Crippen LogP contribution in [0.2, 0.25) is 5.02 Å². The monoisotopic (exact) mass is 464 g/mol. The lowest BCUT2D eigenvalue weighted by Gasteiger charge is -2.32. The van der Waals surface area contributed by atoms with Gasteiger partial charge < -0.3 is 19.8 Å². The zero-order valence-electron chi connectivity index (χ0n) is 18.0. The van der Waals surface area contributed by atoms with E-state index in [9.17, 15) is 14.4 Å². The zero-order chi connectivity index (χ0) is 23.3. The van der Waals surface area contributed by atoms with Gasteiger partial charge in [0.25, 0.3) is 0 Å². The van der Waals surface area contributed by atoms with Crippen LogP contribution in [0.4, 0.5) is 11.4 Å². The summed E-state index contributed by atoms with van der Waals surface area (Å²) in [7, 11) is 1.27. The lowest BCUT2D eigenvalue weighted by molar-refractivity contribution is -0.151. The Morgan fingerprint density at radius 2 is 1.91 bits per heavy atom. The van der Waals surface area contributed by atoms with E-state index < -0.39 is 17.9 Å². The van der Waals surface area contributed by atoms with Crippen LogP contribution in [0.5, 0.6) is 0 Å². The molecule has 2 aromatic carbocycles. The van der Waals surface area contributed by atoms with Crippen LogP contribution < -0.4 is 16.1 Å². The van der Waals surface area contributed by atoms with Gasteiger partial charge in [0, 0.05) is 16.3 Å². The predicted octanol–water partition coefficient (Wildman–Crippen LogP) is 4.68. The van der Waals surface area contributed by atoms with E-state index in [1.54, 1.807) is 18.2 Å². The second-order valence-electron chi connectivity index (χ2n) is 8.35. The summed E-state index contributed by atoms with van der Waals surface area (Å²) in [6.07, 6.45) is 1.81. The van der Waals surface area contributed by atoms with Crippen LogP contribution in [0.3, 0.4) is 0 Å². The summed E-state index contributed by atoms with van der Waals surface area (Å²) < 4.78 is 10.7. The summed E-state index contributed by atoms with van der Waals surface area (Å²) in [6.45, 7) is 1.84. The number of allylic oxidation sites excluding steroid dienone is 1. The average molecular weight is 465 g/mol. The smallest absolute Gasteiger partial charge is 0.316 e. The van der Waals surface area contributed by atoms with Crippen molar-refractivity contribution in [1.82, 2.24) is 0 Å². The summed E-state index contributed by atoms with van der Waals surface area (Å²) in [5.74, 6) is -2.19. The molecule has 8 heteroatoms. The van der Waals surface area contributed by atoms with Crippen LogP contribution in [-0.2, 0) is 14.3 Å². The molecule has 168 valence electrons. The van der Waals surface area contributed by atoms with Gasteiger partial charge in [0.15, 0.2) is 11.2 Å². The molecule has 1 aromatic heterocycles. The van der Waals surface area contributed by atoms with Gasteiger partial charge in [-0.15, -0.1) is 0 Å². The van der Waals surface area contributed by atoms with Crippen molar-refractivity contribution >= 4 is 45.7 Å². The number of halogens is 1. The third kappa shape index (κ3) is 3.49. The van der Waals surface area contributed by atoms with Crippen molar-refractivity contribution in [3.63, 3.8) is 0 Å². The lowest BCUT2D eigenvalue weighted by atomic mass is 9.75. The van der Waals surface area contributed by atoms with Gasteiger partial charge in [0.2, 0.25) is 0 Å². The van der Waals surface area contributed by atoms with Gasteiger partial charge in [0.05, 0.1) is 35.5 Å². The molecule has 0 bridgehead atoms. The van der Waals surface area contributed by atoms with Gasteiger partial charge >= 0.3 is 5.97 Å². The number of para-hydroxylation sites is 2. The number of carbonyl (C=O) groups is 2. The van der Waals surface area contributed by atoms with E-state index in [-0.39, 0.29) is 22.7 Å². The number of esters is 1. The number of ether oxygens (including phenoxy) is 1. The Bertz CT molecular complexity index is 1390. The van der Waals surface area contributed by atoms with Crippen LogP contribution in [-0.4, -0.2) is 18.9 Å². The molecule has 0 spiro atoms. The minimum atomic E-state index is -0.956. The molecule has 2 aliphatic rings. The fourth-order valence-electron chi connectivity index (χ4n) is 4.68. The standard InChI is InChI=1S/C25H21ClN2O5/c1-12-9-18-21(24(30)20(12)25(31)32-2)22(28-17-6-4-3-5-16(17)27-18)15-11-33-19-8-7-13(26)10-14(19)23(15)29/h3-8,10-12,20,22,27-28H,9H2,1-2H3. The number of carbonyl (C=O) groups excluding carboxylic acids is 2. The number of fused-ring (bicyclic) bond motifs is 2. The summed E-state index contributed by atoms with van der Waals surface area (Å²) in [5.41, 5.74) is 2.83. The number of rotatable bonds is 2. The molecule has 1 aliphatic heterocycles. The number of methoxy groups -OCH3 is 1. The highest BCUT2D eigenvalue weighted by Crippen LogP contribution is 2.43. The molecule has 0 saturated heterocycles. The van der Waals surface area contributed by atoms with Crippen LogP contribution in [0.1, 0.15) is 24.9 Å². The van der Waals surface area contributed by atoms with Gasteiger partial charge in [0.1, 0.15) is 17.8 Å². The van der Waals surface area contributed by atoms with Crippen molar-refractivity contribution in [3.05, 3.63) is 80.8 Å². The number of anilines is 2. The van der Waals surface area contributed by atoms with Crippen molar-refractivity contribution in [2.45, 2.75) is 19.4 Å². The number of hydrogen-bond acceptors (Lipinski definition) is 7. The van der Waals surface area contributed by atoms with Crippen LogP contribution in [0, 0.1) is 11.8 Å². The van der Waals surface area contributed by atoms with Gasteiger partial charge in [-0.05, 0) is 42.7 Å². The highest BCUT2D eigenvalue weighted by Gasteiger charge is 2.45. The normalized spacial score (nSPS) is 22.0. The fraction of sp³-hybridized carbons (Fsp3) is 0.240. The molecule has 1 aliphatic carbocycles. The zero-order valence-corrected chi connectivity index (χ0v) is 18.7. The molecule has 5 rings (SSSR count). The Morgan fingerprint density at radius 3 is 2.67 bits per heavy atom. The fourth-order valence-corrected chi connectivity index (χ4v) is 4.86. The van der Waals surface area contributed by atoms with E-state index in [2.05, 4.69) is 10.6 Å². The number of benzene rings is 2. The quantitative estimate of drug-likeness (QED) is 0.420. The van der Waals surface area contributed by atoms with Gasteiger partial charge in [-0.3, -0.25) is 14.4 Å². The van der Waals surface area contributed by atoms with E-state index in [4.69, 9.17) is 20.8 Å². The van der Waals surface area contributed by atoms with Crippen molar-refractivity contribution in [2.75, 3.05) is 17.7 Å². The molecular formula is C25H21ClN2O5. The molecule has 3 aromatic rings. The third-order valence-electron chi connectivity index (χ3n) is 6.30. The van der Waals surface area contributed by atoms with Crippen molar-refractivity contribution in [2.24, 2.45) is 11.8 Å². The van der Waals surface area contributed by atoms with Crippen LogP contribution >= 0.6 is 11.6 Å². The first-order chi connectivity index (χ1) is 15.9. The molecule has 2 heterocycles. The van der Waals surface area contributed by atoms with Crippen LogP contribution in [0.15, 0.2) is 69.2 Å². The minimum Gasteiger partial charge on any atom is -0.468 e. The Kier molecular flexibility index (Phi) is 5.21. The topological polar surface area (TPSA) is 97.6 Å². The summed E-state index contributed by atoms with van der Waals surface area (Å²) >= 11 is 6.12. The van der Waals surface area contributed by atoms with E-state index in [1.165, 1.54) is 13.4 Å². The van der Waals surface area contributed by atoms with Crippen molar-refractivity contribution in [1.29, 1.82) is 0 Å². The molecule has 2 N–H and O–H groups in total. The van der Waals surface area contributed by atoms with Gasteiger partial charge in [-0.25, -0.2) is 0 Å². The van der Waals surface area contributed by atoms with Gasteiger partial charge in [-0.2, -0.15) is 0 Å². The number of Topliss-reactive ketones (excluding diaryl/α,β-unsaturated/α-hetero) is 1. The highest BCUT2D eigenvalue weighted by molar-refractivity contribution is 6.31. The molecule has 33 heavy (non-hydrogen) atoms. The molecule has 7 nitrogen and oxygen atoms in total. The van der Waals surface area contributed by atoms with E-state index >= 15 is 0 Å². The maximum absolute atomic E-state index is 13.7. The Balaban J connectivity index is 1.74. The minimum absolute atomic E-state index is 0.252. The molecule has 0 fully saturated rings. The number of nitrogens with one attached hydrogen (secondary N) is 2. The molecule has 0 amide bonds. The largest absolute Gasteiger partial charge is 0.468 e. The summed E-state index contributed by atoms with van der Waals surface area (Å²) in [6, 6.07) is 11.5. The first-order valence-electron chi connectivity index (χ1n) is 10.6. The maximum atomic E-state index is 13.7. The maximum Gasteiger partial charge on any atom is 0.316 e. The highest BCUT2D eigenvalue weighted by atomic mass is 35.5. The summed E-state index contributed by atoms with van der Waals surface area (Å²) in [4.78, 5) is 39.7. The average Bonchev–Trinajstić information content (AvgIpc) is 2.96. The van der Waals surface area contributed by atoms with Crippen LogP contribution in [0.25, 0.3) is 11.0 Å². The molecule has 0 radical (unpaired) electrons. The van der Waals surface area contributed by atoms with Crippen molar-refractivity contribution < 1.29 is 18.7 Å². The van der Waals surface area contributed by atoms with E-state index in [0.29, 0.717) is 33.7 Å². The Labute approximate surface area is 194 Å². The van der Waals surface area contributed by atoms with Gasteiger partial charge in [-0.1, -0.05) is 30.7 Å². The number of ketones is 1. The first-order valence-corrected chi connectivity index (χ1v) is 11.0. The molecule has 3 atom stereocenters. The Hall–Kier alpha value is -3.58. The Morgan fingerprint density at radius 1 is 1.15 bits per heavy atom. The van der Waals surface area contributed by atoms with E-state index in [1.807, 2.05) is 31.2 Å². The SMILES string of the molecule is COC(=O)C1C(=O)C2=C(CC1C)Nc1ccccc1NC2c1coc2ccc(Cl)cc2c1=O. The molecule has 0 saturated carbocycles. The molecular weight excluding hydrogens is 444 g/mol. The summed E-state index contributed by atoms with van der Waals surface area (Å²) in [5, 5.41) is 7.41. The van der Waals surface area contributed by atoms with Crippen molar-refractivity contribution in [3.8, 4) is 0 Å². The lowest BCUT2D eigenvalue weighted by Crippen LogP contribution is -2.40. The number of hydrogen-bond donors (Lipinski definition) is 2. The van der Waals surface area contributed by atoms with E-state index in [0.717, 1.165) is 11.4 Å².